The second kappa shape index (κ2) is 9.27. The van der Waals surface area contributed by atoms with Gasteiger partial charge in [0.1, 0.15) is 11.6 Å². The number of nitrogens with one attached hydrogen (secondary N) is 3. The predicted octanol–water partition coefficient (Wildman–Crippen LogP) is 4.16. The Morgan fingerprint density at radius 1 is 1.29 bits per heavy atom. The smallest absolute Gasteiger partial charge is 0.191 e. The van der Waals surface area contributed by atoms with Crippen molar-refractivity contribution in [2.24, 2.45) is 4.99 Å². The molecule has 1 unspecified atom stereocenters. The van der Waals surface area contributed by atoms with Gasteiger partial charge in [0.2, 0.25) is 0 Å². The first kappa shape index (κ1) is 20.4. The van der Waals surface area contributed by atoms with Gasteiger partial charge in [0, 0.05) is 42.7 Å². The van der Waals surface area contributed by atoms with Gasteiger partial charge in [0.15, 0.2) is 5.96 Å². The highest BCUT2D eigenvalue weighted by atomic mass is 127. The van der Waals surface area contributed by atoms with Crippen LogP contribution in [0.2, 0.25) is 0 Å². The van der Waals surface area contributed by atoms with E-state index in [1.807, 2.05) is 24.4 Å². The first-order valence-electron chi connectivity index (χ1n) is 9.19. The third-order valence-corrected chi connectivity index (χ3v) is 4.91. The number of aliphatic imine (C=N–C) groups is 1. The van der Waals surface area contributed by atoms with E-state index in [0.717, 1.165) is 46.6 Å². The van der Waals surface area contributed by atoms with Crippen LogP contribution >= 0.6 is 24.0 Å². The second-order valence-corrected chi connectivity index (χ2v) is 6.62. The van der Waals surface area contributed by atoms with Crippen molar-refractivity contribution < 1.29 is 9.13 Å². The Labute approximate surface area is 180 Å². The zero-order valence-electron chi connectivity index (χ0n) is 15.7. The zero-order chi connectivity index (χ0) is 18.6. The molecular formula is C21H24FIN4O. The largest absolute Gasteiger partial charge is 0.493 e. The lowest BCUT2D eigenvalue weighted by Crippen LogP contribution is -2.41. The summed E-state index contributed by atoms with van der Waals surface area (Å²) in [5.41, 5.74) is 3.19. The molecule has 5 nitrogen and oxygen atoms in total. The number of guanidine groups is 1. The van der Waals surface area contributed by atoms with Crippen LogP contribution in [0.25, 0.3) is 10.9 Å². The van der Waals surface area contributed by atoms with Crippen molar-refractivity contribution in [2.45, 2.75) is 18.9 Å². The Hall–Kier alpha value is -2.29. The van der Waals surface area contributed by atoms with Gasteiger partial charge in [-0.15, -0.1) is 24.0 Å². The maximum absolute atomic E-state index is 13.5. The van der Waals surface area contributed by atoms with Crippen molar-refractivity contribution in [1.29, 1.82) is 0 Å². The fraction of sp³-hybridized carbons (Fsp3) is 0.286. The Morgan fingerprint density at radius 3 is 3.00 bits per heavy atom. The summed E-state index contributed by atoms with van der Waals surface area (Å²) < 4.78 is 19.2. The monoisotopic (exact) mass is 494 g/mol. The van der Waals surface area contributed by atoms with E-state index in [0.29, 0.717) is 13.2 Å². The number of aromatic nitrogens is 1. The fourth-order valence-electron chi connectivity index (χ4n) is 3.52. The lowest BCUT2D eigenvalue weighted by molar-refractivity contribution is 0.261. The average Bonchev–Trinajstić information content (AvgIpc) is 3.09. The molecule has 0 saturated heterocycles. The molecule has 0 aliphatic carbocycles. The number of rotatable bonds is 4. The molecule has 0 saturated carbocycles. The number of hydrogen-bond acceptors (Lipinski definition) is 2. The Morgan fingerprint density at radius 2 is 2.14 bits per heavy atom. The van der Waals surface area contributed by atoms with Crippen LogP contribution in [0.1, 0.15) is 23.6 Å². The van der Waals surface area contributed by atoms with Crippen molar-refractivity contribution >= 4 is 40.8 Å². The highest BCUT2D eigenvalue weighted by molar-refractivity contribution is 14.0. The van der Waals surface area contributed by atoms with Crippen LogP contribution in [-0.2, 0) is 6.42 Å². The fourth-order valence-corrected chi connectivity index (χ4v) is 3.52. The van der Waals surface area contributed by atoms with Crippen LogP contribution in [0.3, 0.4) is 0 Å². The molecule has 7 heteroatoms. The standard InChI is InChI=1S/C21H23FN4O.HI/c1-23-21(26-19-9-11-27-20-5-3-2-4-16(19)20)24-10-8-14-13-25-18-7-6-15(22)12-17(14)18;/h2-7,12-13,19,25H,8-11H2,1H3,(H2,23,24,26);1H. The summed E-state index contributed by atoms with van der Waals surface area (Å²) in [5.74, 6) is 1.47. The quantitative estimate of drug-likeness (QED) is 0.290. The molecule has 0 amide bonds. The van der Waals surface area contributed by atoms with Gasteiger partial charge >= 0.3 is 0 Å². The van der Waals surface area contributed by atoms with Gasteiger partial charge in [-0.3, -0.25) is 4.99 Å². The molecule has 1 aliphatic rings. The molecule has 1 atom stereocenters. The number of para-hydroxylation sites is 1. The van der Waals surface area contributed by atoms with E-state index in [9.17, 15) is 4.39 Å². The summed E-state index contributed by atoms with van der Waals surface area (Å²) in [4.78, 5) is 7.53. The van der Waals surface area contributed by atoms with E-state index < -0.39 is 0 Å². The third kappa shape index (κ3) is 4.40. The Balaban J connectivity index is 0.00000225. The molecule has 148 valence electrons. The summed E-state index contributed by atoms with van der Waals surface area (Å²) in [6.07, 6.45) is 3.60. The second-order valence-electron chi connectivity index (χ2n) is 6.62. The minimum Gasteiger partial charge on any atom is -0.493 e. The summed E-state index contributed by atoms with van der Waals surface area (Å²) >= 11 is 0. The van der Waals surface area contributed by atoms with Gasteiger partial charge in [-0.25, -0.2) is 4.39 Å². The van der Waals surface area contributed by atoms with Gasteiger partial charge in [-0.05, 0) is 36.2 Å². The molecular weight excluding hydrogens is 470 g/mol. The minimum absolute atomic E-state index is 0. The van der Waals surface area contributed by atoms with Gasteiger partial charge < -0.3 is 20.4 Å². The first-order valence-corrected chi connectivity index (χ1v) is 9.19. The molecule has 4 rings (SSSR count). The molecule has 0 spiro atoms. The SMILES string of the molecule is CN=C(NCCc1c[nH]c2ccc(F)cc12)NC1CCOc2ccccc21.I. The van der Waals surface area contributed by atoms with E-state index in [4.69, 9.17) is 4.74 Å². The third-order valence-electron chi connectivity index (χ3n) is 4.91. The number of H-pyrrole nitrogens is 1. The molecule has 2 heterocycles. The number of benzene rings is 2. The van der Waals surface area contributed by atoms with E-state index >= 15 is 0 Å². The maximum Gasteiger partial charge on any atom is 0.191 e. The molecule has 0 radical (unpaired) electrons. The first-order chi connectivity index (χ1) is 13.2. The molecule has 1 aromatic heterocycles. The highest BCUT2D eigenvalue weighted by Gasteiger charge is 2.21. The van der Waals surface area contributed by atoms with Crippen LogP contribution in [0.4, 0.5) is 4.39 Å². The van der Waals surface area contributed by atoms with Crippen molar-refractivity contribution in [3.63, 3.8) is 0 Å². The predicted molar refractivity (Wildman–Crippen MR) is 121 cm³/mol. The Bertz CT molecular complexity index is 972. The number of fused-ring (bicyclic) bond motifs is 2. The number of aromatic amines is 1. The van der Waals surface area contributed by atoms with Crippen molar-refractivity contribution in [2.75, 3.05) is 20.2 Å². The van der Waals surface area contributed by atoms with E-state index in [1.54, 1.807) is 19.2 Å². The number of halogens is 2. The summed E-state index contributed by atoms with van der Waals surface area (Å²) in [7, 11) is 1.77. The normalized spacial score (nSPS) is 16.1. The van der Waals surface area contributed by atoms with Crippen LogP contribution in [-0.4, -0.2) is 31.1 Å². The van der Waals surface area contributed by atoms with Crippen molar-refractivity contribution in [1.82, 2.24) is 15.6 Å². The minimum atomic E-state index is -0.216. The van der Waals surface area contributed by atoms with E-state index in [1.165, 1.54) is 6.07 Å². The van der Waals surface area contributed by atoms with Gasteiger partial charge in [-0.2, -0.15) is 0 Å². The maximum atomic E-state index is 13.5. The highest BCUT2D eigenvalue weighted by Crippen LogP contribution is 2.31. The molecule has 2 aromatic carbocycles. The number of hydrogen-bond donors (Lipinski definition) is 3. The van der Waals surface area contributed by atoms with E-state index in [-0.39, 0.29) is 35.8 Å². The van der Waals surface area contributed by atoms with Crippen molar-refractivity contribution in [3.05, 3.63) is 65.6 Å². The van der Waals surface area contributed by atoms with Crippen LogP contribution in [0.15, 0.2) is 53.7 Å². The van der Waals surface area contributed by atoms with E-state index in [2.05, 4.69) is 26.7 Å². The molecule has 0 fully saturated rings. The zero-order valence-corrected chi connectivity index (χ0v) is 18.0. The number of ether oxygens (including phenoxy) is 1. The van der Waals surface area contributed by atoms with Gasteiger partial charge in [0.25, 0.3) is 0 Å². The number of nitrogens with zero attached hydrogens (tertiary/aromatic N) is 1. The topological polar surface area (TPSA) is 61.4 Å². The van der Waals surface area contributed by atoms with Crippen LogP contribution in [0, 0.1) is 5.82 Å². The Kier molecular flexibility index (Phi) is 6.77. The summed E-state index contributed by atoms with van der Waals surface area (Å²) in [5, 5.41) is 7.76. The van der Waals surface area contributed by atoms with Crippen molar-refractivity contribution in [3.8, 4) is 5.75 Å². The summed E-state index contributed by atoms with van der Waals surface area (Å²) in [6.45, 7) is 1.39. The average molecular weight is 494 g/mol. The molecule has 28 heavy (non-hydrogen) atoms. The van der Waals surface area contributed by atoms with Gasteiger partial charge in [0.05, 0.1) is 12.6 Å². The van der Waals surface area contributed by atoms with Crippen LogP contribution in [0.5, 0.6) is 5.75 Å². The molecule has 0 bridgehead atoms. The molecule has 3 aromatic rings. The van der Waals surface area contributed by atoms with Gasteiger partial charge in [-0.1, -0.05) is 18.2 Å². The lowest BCUT2D eigenvalue weighted by atomic mass is 10.0. The van der Waals surface area contributed by atoms with Crippen LogP contribution < -0.4 is 15.4 Å². The lowest BCUT2D eigenvalue weighted by Gasteiger charge is -2.28. The molecule has 1 aliphatic heterocycles. The molecule has 3 N–H and O–H groups in total. The summed E-state index contributed by atoms with van der Waals surface area (Å²) in [6, 6.07) is 13.1.